The average molecular weight is 458 g/mol. The van der Waals surface area contributed by atoms with Crippen LogP contribution >= 0.6 is 0 Å². The molecule has 0 aliphatic heterocycles. The fourth-order valence-electron chi connectivity index (χ4n) is 1.95. The van der Waals surface area contributed by atoms with Crippen molar-refractivity contribution in [2.45, 2.75) is 40.0 Å². The third-order valence-electron chi connectivity index (χ3n) is 3.42. The third kappa shape index (κ3) is 9.04. The van der Waals surface area contributed by atoms with Crippen molar-refractivity contribution in [3.05, 3.63) is 89.5 Å². The van der Waals surface area contributed by atoms with Crippen LogP contribution < -0.4 is 0 Å². The van der Waals surface area contributed by atoms with Crippen molar-refractivity contribution in [1.29, 1.82) is 0 Å². The first kappa shape index (κ1) is 20.9. The number of aryl methyl sites for hydroxylation is 3. The van der Waals surface area contributed by atoms with Gasteiger partial charge in [0.2, 0.25) is 0 Å². The summed E-state index contributed by atoms with van der Waals surface area (Å²) in [7, 11) is 0. The molecule has 0 atom stereocenters. The van der Waals surface area contributed by atoms with Gasteiger partial charge in [0.25, 0.3) is 0 Å². The summed E-state index contributed by atoms with van der Waals surface area (Å²) < 4.78 is 0. The van der Waals surface area contributed by atoms with Crippen molar-refractivity contribution < 1.29 is 25.8 Å². The summed E-state index contributed by atoms with van der Waals surface area (Å²) in [4.78, 5) is 0. The monoisotopic (exact) mass is 459 g/mol. The Morgan fingerprint density at radius 2 is 0.636 bits per heavy atom. The summed E-state index contributed by atoms with van der Waals surface area (Å²) in [6, 6.07) is 25.2. The molecule has 0 aliphatic carbocycles. The molecule has 118 valence electrons. The minimum Gasteiger partial charge on any atom is -0.213 e. The van der Waals surface area contributed by atoms with Gasteiger partial charge in [-0.2, -0.15) is 53.1 Å². The van der Waals surface area contributed by atoms with Gasteiger partial charge in [0.15, 0.2) is 0 Å². The molecule has 0 N–H and O–H groups in total. The van der Waals surface area contributed by atoms with Crippen molar-refractivity contribution in [1.82, 2.24) is 0 Å². The van der Waals surface area contributed by atoms with Gasteiger partial charge in [0.05, 0.1) is 0 Å². The smallest absolute Gasteiger partial charge is 0 e. The molecule has 22 heavy (non-hydrogen) atoms. The quantitative estimate of drug-likeness (QED) is 0.339. The van der Waals surface area contributed by atoms with Gasteiger partial charge in [0.1, 0.15) is 0 Å². The van der Waals surface area contributed by atoms with Gasteiger partial charge in [-0.15, -0.1) is 0 Å². The van der Waals surface area contributed by atoms with Crippen molar-refractivity contribution in [2.75, 3.05) is 0 Å². The van der Waals surface area contributed by atoms with Gasteiger partial charge in [-0.05, 0) is 0 Å². The fraction of sp³-hybridized carbons (Fsp3) is 0.286. The topological polar surface area (TPSA) is 0 Å². The maximum absolute atomic E-state index is 2.16. The van der Waals surface area contributed by atoms with Crippen molar-refractivity contribution in [3.63, 3.8) is 0 Å². The molecular formula is C21H27Hf-3. The Labute approximate surface area is 155 Å². The molecule has 0 saturated heterocycles. The van der Waals surface area contributed by atoms with Gasteiger partial charge in [-0.1, -0.05) is 40.0 Å². The molecule has 0 aromatic heterocycles. The predicted octanol–water partition coefficient (Wildman–Crippen LogP) is 5.90. The minimum atomic E-state index is 0. The molecule has 0 saturated carbocycles. The van der Waals surface area contributed by atoms with E-state index in [1.54, 1.807) is 0 Å². The molecular weight excluding hydrogens is 431 g/mol. The zero-order valence-corrected chi connectivity index (χ0v) is 17.6. The van der Waals surface area contributed by atoms with Crippen LogP contribution in [0.3, 0.4) is 0 Å². The molecule has 0 fully saturated rings. The first-order valence-electron chi connectivity index (χ1n) is 7.91. The maximum atomic E-state index is 2.16. The SMILES string of the molecule is CC[c-]1cccc1.CC[c-]1cccc1.CC[c-]1cccc1.[Hf]. The number of hydrogen-bond acceptors (Lipinski definition) is 0. The molecule has 0 aliphatic rings. The number of hydrogen-bond donors (Lipinski definition) is 0. The molecule has 0 bridgehead atoms. The van der Waals surface area contributed by atoms with E-state index in [9.17, 15) is 0 Å². The molecule has 3 aromatic carbocycles. The summed E-state index contributed by atoms with van der Waals surface area (Å²) in [5, 5.41) is 0. The van der Waals surface area contributed by atoms with Crippen LogP contribution in [0.1, 0.15) is 37.5 Å². The van der Waals surface area contributed by atoms with Gasteiger partial charge < -0.3 is 0 Å². The minimum absolute atomic E-state index is 0. The van der Waals surface area contributed by atoms with Crippen molar-refractivity contribution >= 4 is 0 Å². The van der Waals surface area contributed by atoms with Crippen LogP contribution in [0, 0.1) is 0 Å². The maximum Gasteiger partial charge on any atom is 0 e. The van der Waals surface area contributed by atoms with E-state index in [0.717, 1.165) is 19.3 Å². The normalized spacial score (nSPS) is 8.86. The Hall–Kier alpha value is -1.08. The first-order chi connectivity index (χ1) is 10.3. The van der Waals surface area contributed by atoms with Crippen LogP contribution in [0.15, 0.2) is 72.8 Å². The molecule has 0 unspecified atom stereocenters. The van der Waals surface area contributed by atoms with E-state index in [4.69, 9.17) is 0 Å². The van der Waals surface area contributed by atoms with E-state index < -0.39 is 0 Å². The molecule has 0 amide bonds. The molecule has 0 nitrogen and oxygen atoms in total. The predicted molar refractivity (Wildman–Crippen MR) is 94.2 cm³/mol. The summed E-state index contributed by atoms with van der Waals surface area (Å²) in [5.74, 6) is 0. The van der Waals surface area contributed by atoms with Crippen molar-refractivity contribution in [3.8, 4) is 0 Å². The van der Waals surface area contributed by atoms with Crippen LogP contribution in [0.4, 0.5) is 0 Å². The van der Waals surface area contributed by atoms with E-state index in [2.05, 4.69) is 93.6 Å². The van der Waals surface area contributed by atoms with Gasteiger partial charge in [0, 0.05) is 25.8 Å². The van der Waals surface area contributed by atoms with Crippen LogP contribution in [0.25, 0.3) is 0 Å². The summed E-state index contributed by atoms with van der Waals surface area (Å²) >= 11 is 0. The Balaban J connectivity index is 0.000000294. The zero-order valence-electron chi connectivity index (χ0n) is 14.0. The summed E-state index contributed by atoms with van der Waals surface area (Å²) in [5.41, 5.74) is 4.29. The van der Waals surface area contributed by atoms with Crippen LogP contribution in [-0.4, -0.2) is 0 Å². The molecule has 0 spiro atoms. The summed E-state index contributed by atoms with van der Waals surface area (Å²) in [6.45, 7) is 6.49. The average Bonchev–Trinajstić information content (AvgIpc) is 3.31. The van der Waals surface area contributed by atoms with Crippen LogP contribution in [-0.2, 0) is 45.1 Å². The van der Waals surface area contributed by atoms with E-state index in [1.165, 1.54) is 16.7 Å². The van der Waals surface area contributed by atoms with E-state index in [0.29, 0.717) is 0 Å². The molecule has 0 heterocycles. The van der Waals surface area contributed by atoms with E-state index >= 15 is 0 Å². The Kier molecular flexibility index (Phi) is 12.9. The van der Waals surface area contributed by atoms with Crippen molar-refractivity contribution in [2.24, 2.45) is 0 Å². The van der Waals surface area contributed by atoms with Crippen LogP contribution in [0.2, 0.25) is 0 Å². The van der Waals surface area contributed by atoms with Gasteiger partial charge in [-0.3, -0.25) is 0 Å². The second-order valence-electron chi connectivity index (χ2n) is 4.94. The van der Waals surface area contributed by atoms with Crippen LogP contribution in [0.5, 0.6) is 0 Å². The largest absolute Gasteiger partial charge is 0.213 e. The second kappa shape index (κ2) is 13.6. The zero-order chi connectivity index (χ0) is 15.3. The Bertz CT molecular complexity index is 431. The molecule has 3 rings (SSSR count). The van der Waals surface area contributed by atoms with E-state index in [-0.39, 0.29) is 25.8 Å². The summed E-state index contributed by atoms with van der Waals surface area (Å²) in [6.07, 6.45) is 3.48. The second-order valence-corrected chi connectivity index (χ2v) is 4.94. The Morgan fingerprint density at radius 1 is 0.455 bits per heavy atom. The van der Waals surface area contributed by atoms with Gasteiger partial charge >= 0.3 is 0 Å². The third-order valence-corrected chi connectivity index (χ3v) is 3.42. The first-order valence-corrected chi connectivity index (χ1v) is 7.91. The number of rotatable bonds is 3. The Morgan fingerprint density at radius 3 is 0.727 bits per heavy atom. The standard InChI is InChI=1S/3C7H9.Hf/c3*1-2-7-5-3-4-6-7;/h3*3-6H,2H2,1H3;/q3*-1;. The molecule has 3 aromatic rings. The fourth-order valence-corrected chi connectivity index (χ4v) is 1.95. The molecule has 1 heteroatoms. The van der Waals surface area contributed by atoms with Gasteiger partial charge in [-0.25, -0.2) is 36.4 Å². The van der Waals surface area contributed by atoms with E-state index in [1.807, 2.05) is 0 Å². The molecule has 0 radical (unpaired) electrons.